The Labute approximate surface area is 96.5 Å². The van der Waals surface area contributed by atoms with Crippen LogP contribution >= 0.6 is 11.6 Å². The van der Waals surface area contributed by atoms with Crippen molar-refractivity contribution in [1.82, 2.24) is 9.97 Å². The molecule has 84 valence electrons. The second-order valence-corrected chi connectivity index (χ2v) is 3.79. The minimum absolute atomic E-state index is 0.500. The van der Waals surface area contributed by atoms with E-state index in [0.29, 0.717) is 11.9 Å². The lowest BCUT2D eigenvalue weighted by molar-refractivity contribution is 0.562. The van der Waals surface area contributed by atoms with Crippen molar-refractivity contribution in [2.75, 3.05) is 17.3 Å². The van der Waals surface area contributed by atoms with Crippen LogP contribution in [0, 0.1) is 0 Å². The maximum Gasteiger partial charge on any atom is 0.147 e. The molecular formula is C11H18ClN3. The van der Waals surface area contributed by atoms with Crippen LogP contribution in [0.3, 0.4) is 0 Å². The van der Waals surface area contributed by atoms with Crippen LogP contribution in [0.15, 0.2) is 18.6 Å². The minimum atomic E-state index is 0.500. The Hall–Kier alpha value is -0.830. The molecule has 0 fully saturated rings. The smallest absolute Gasteiger partial charge is 0.147 e. The molecule has 0 saturated carbocycles. The molecule has 0 N–H and O–H groups in total. The number of nitrogens with zero attached hydrogens (tertiary/aromatic N) is 3. The number of hydrogen-bond donors (Lipinski definition) is 0. The summed E-state index contributed by atoms with van der Waals surface area (Å²) in [5.41, 5.74) is 0. The highest BCUT2D eigenvalue weighted by atomic mass is 35.5. The number of alkyl halides is 1. The average Bonchev–Trinajstić information content (AvgIpc) is 2.30. The number of rotatable bonds is 6. The molecule has 0 radical (unpaired) electrons. The van der Waals surface area contributed by atoms with Gasteiger partial charge in [0.1, 0.15) is 5.82 Å². The van der Waals surface area contributed by atoms with Gasteiger partial charge in [0.25, 0.3) is 0 Å². The summed E-state index contributed by atoms with van der Waals surface area (Å²) in [5, 5.41) is 0. The van der Waals surface area contributed by atoms with Crippen molar-refractivity contribution in [3.63, 3.8) is 0 Å². The van der Waals surface area contributed by atoms with E-state index in [1.165, 1.54) is 0 Å². The quantitative estimate of drug-likeness (QED) is 0.700. The molecule has 0 aliphatic rings. The van der Waals surface area contributed by atoms with E-state index >= 15 is 0 Å². The van der Waals surface area contributed by atoms with E-state index in [9.17, 15) is 0 Å². The molecule has 0 atom stereocenters. The van der Waals surface area contributed by atoms with Crippen molar-refractivity contribution in [1.29, 1.82) is 0 Å². The van der Waals surface area contributed by atoms with Gasteiger partial charge < -0.3 is 4.90 Å². The fourth-order valence-electron chi connectivity index (χ4n) is 1.74. The van der Waals surface area contributed by atoms with Crippen LogP contribution in [-0.4, -0.2) is 28.4 Å². The summed E-state index contributed by atoms with van der Waals surface area (Å²) in [7, 11) is 0. The van der Waals surface area contributed by atoms with Gasteiger partial charge in [-0.15, -0.1) is 11.6 Å². The van der Waals surface area contributed by atoms with E-state index in [0.717, 1.165) is 25.2 Å². The SMILES string of the molecule is CCC(CC)N(CCCl)c1cnccn1. The molecule has 0 saturated heterocycles. The zero-order valence-electron chi connectivity index (χ0n) is 9.36. The summed E-state index contributed by atoms with van der Waals surface area (Å²) in [6.45, 7) is 5.20. The maximum absolute atomic E-state index is 5.81. The number of hydrogen-bond acceptors (Lipinski definition) is 3. The molecule has 15 heavy (non-hydrogen) atoms. The van der Waals surface area contributed by atoms with Crippen LogP contribution in [0.4, 0.5) is 5.82 Å². The standard InChI is InChI=1S/C11H18ClN3/c1-3-10(4-2)15(8-5-12)11-9-13-6-7-14-11/h6-7,9-10H,3-5,8H2,1-2H3. The molecule has 0 amide bonds. The predicted octanol–water partition coefficient (Wildman–Crippen LogP) is 2.71. The Kier molecular flexibility index (Phi) is 5.40. The summed E-state index contributed by atoms with van der Waals surface area (Å²) in [6.07, 6.45) is 7.41. The van der Waals surface area contributed by atoms with Gasteiger partial charge in [-0.25, -0.2) is 4.98 Å². The lowest BCUT2D eigenvalue weighted by Gasteiger charge is -2.30. The normalized spacial score (nSPS) is 10.7. The van der Waals surface area contributed by atoms with Gasteiger partial charge in [0.2, 0.25) is 0 Å². The summed E-state index contributed by atoms with van der Waals surface area (Å²) >= 11 is 5.81. The van der Waals surface area contributed by atoms with Gasteiger partial charge >= 0.3 is 0 Å². The van der Waals surface area contributed by atoms with Crippen molar-refractivity contribution in [2.45, 2.75) is 32.7 Å². The third-order valence-electron chi connectivity index (χ3n) is 2.55. The van der Waals surface area contributed by atoms with Gasteiger partial charge in [0.05, 0.1) is 6.20 Å². The molecule has 1 aromatic heterocycles. The molecule has 1 aromatic rings. The largest absolute Gasteiger partial charge is 0.351 e. The van der Waals surface area contributed by atoms with Crippen LogP contribution in [0.5, 0.6) is 0 Å². The highest BCUT2D eigenvalue weighted by molar-refractivity contribution is 6.18. The molecule has 0 unspecified atom stereocenters. The lowest BCUT2D eigenvalue weighted by Crippen LogP contribution is -2.36. The number of aromatic nitrogens is 2. The van der Waals surface area contributed by atoms with Crippen LogP contribution in [0.1, 0.15) is 26.7 Å². The van der Waals surface area contributed by atoms with Crippen molar-refractivity contribution >= 4 is 17.4 Å². The van der Waals surface area contributed by atoms with Crippen molar-refractivity contribution in [3.8, 4) is 0 Å². The summed E-state index contributed by atoms with van der Waals surface area (Å²) in [4.78, 5) is 10.6. The molecule has 0 spiro atoms. The van der Waals surface area contributed by atoms with Crippen molar-refractivity contribution in [3.05, 3.63) is 18.6 Å². The second-order valence-electron chi connectivity index (χ2n) is 3.42. The van der Waals surface area contributed by atoms with E-state index in [-0.39, 0.29) is 0 Å². The first-order valence-electron chi connectivity index (χ1n) is 5.42. The molecular weight excluding hydrogens is 210 g/mol. The average molecular weight is 228 g/mol. The Morgan fingerprint density at radius 3 is 2.53 bits per heavy atom. The Bertz CT molecular complexity index is 262. The van der Waals surface area contributed by atoms with Crippen LogP contribution in [-0.2, 0) is 0 Å². The van der Waals surface area contributed by atoms with Gasteiger partial charge in [-0.1, -0.05) is 13.8 Å². The van der Waals surface area contributed by atoms with E-state index in [1.807, 2.05) is 0 Å². The molecule has 0 aromatic carbocycles. The number of halogens is 1. The minimum Gasteiger partial charge on any atom is -0.351 e. The zero-order valence-corrected chi connectivity index (χ0v) is 10.1. The van der Waals surface area contributed by atoms with Gasteiger partial charge in [0.15, 0.2) is 0 Å². The molecule has 1 heterocycles. The predicted molar refractivity (Wildman–Crippen MR) is 64.5 cm³/mol. The van der Waals surface area contributed by atoms with Gasteiger partial charge in [-0.05, 0) is 12.8 Å². The highest BCUT2D eigenvalue weighted by Gasteiger charge is 2.15. The van der Waals surface area contributed by atoms with Crippen molar-refractivity contribution in [2.24, 2.45) is 0 Å². The first-order chi connectivity index (χ1) is 7.33. The molecule has 4 heteroatoms. The zero-order chi connectivity index (χ0) is 11.1. The molecule has 0 bridgehead atoms. The van der Waals surface area contributed by atoms with Gasteiger partial charge in [-0.3, -0.25) is 4.98 Å². The summed E-state index contributed by atoms with van der Waals surface area (Å²) in [5.74, 6) is 1.54. The van der Waals surface area contributed by atoms with Gasteiger partial charge in [-0.2, -0.15) is 0 Å². The van der Waals surface area contributed by atoms with E-state index in [2.05, 4.69) is 28.7 Å². The third kappa shape index (κ3) is 3.34. The monoisotopic (exact) mass is 227 g/mol. The van der Waals surface area contributed by atoms with Crippen molar-refractivity contribution < 1.29 is 0 Å². The topological polar surface area (TPSA) is 29.0 Å². The fraction of sp³-hybridized carbons (Fsp3) is 0.636. The molecule has 3 nitrogen and oxygen atoms in total. The molecule has 0 aliphatic heterocycles. The highest BCUT2D eigenvalue weighted by Crippen LogP contribution is 2.16. The van der Waals surface area contributed by atoms with Crippen LogP contribution in [0.25, 0.3) is 0 Å². The maximum atomic E-state index is 5.81. The molecule has 1 rings (SSSR count). The Balaban J connectivity index is 2.81. The van der Waals surface area contributed by atoms with Crippen LogP contribution in [0.2, 0.25) is 0 Å². The first-order valence-corrected chi connectivity index (χ1v) is 5.95. The first kappa shape index (κ1) is 12.2. The Morgan fingerprint density at radius 2 is 2.07 bits per heavy atom. The summed E-state index contributed by atoms with van der Waals surface area (Å²) < 4.78 is 0. The third-order valence-corrected chi connectivity index (χ3v) is 2.72. The molecule has 0 aliphatic carbocycles. The fourth-order valence-corrected chi connectivity index (χ4v) is 1.93. The van der Waals surface area contributed by atoms with Crippen LogP contribution < -0.4 is 4.90 Å². The van der Waals surface area contributed by atoms with E-state index < -0.39 is 0 Å². The van der Waals surface area contributed by atoms with Gasteiger partial charge in [0, 0.05) is 30.9 Å². The second kappa shape index (κ2) is 6.62. The number of anilines is 1. The van der Waals surface area contributed by atoms with E-state index in [1.54, 1.807) is 18.6 Å². The Morgan fingerprint density at radius 1 is 1.33 bits per heavy atom. The summed E-state index contributed by atoms with van der Waals surface area (Å²) in [6, 6.07) is 0.500. The lowest BCUT2D eigenvalue weighted by atomic mass is 10.1. The van der Waals surface area contributed by atoms with E-state index in [4.69, 9.17) is 11.6 Å².